The predicted octanol–water partition coefficient (Wildman–Crippen LogP) is 2.32. The van der Waals surface area contributed by atoms with Crippen LogP contribution in [0.5, 0.6) is 0 Å². The maximum absolute atomic E-state index is 13.5. The Morgan fingerprint density at radius 2 is 1.95 bits per heavy atom. The van der Waals surface area contributed by atoms with E-state index in [2.05, 4.69) is 5.32 Å². The molecule has 1 aromatic carbocycles. The van der Waals surface area contributed by atoms with Crippen molar-refractivity contribution in [2.75, 3.05) is 6.54 Å². The second kappa shape index (κ2) is 6.99. The van der Waals surface area contributed by atoms with Gasteiger partial charge in [-0.25, -0.2) is 8.78 Å². The minimum atomic E-state index is -0.691. The highest BCUT2D eigenvalue weighted by Crippen LogP contribution is 2.28. The molecule has 2 rings (SSSR count). The molecule has 0 unspecified atom stereocenters. The maximum atomic E-state index is 13.5. The van der Waals surface area contributed by atoms with Crippen LogP contribution in [0.4, 0.5) is 8.78 Å². The van der Waals surface area contributed by atoms with Crippen molar-refractivity contribution in [2.45, 2.75) is 37.6 Å². The van der Waals surface area contributed by atoms with Gasteiger partial charge in [-0.15, -0.1) is 12.4 Å². The van der Waals surface area contributed by atoms with Crippen molar-refractivity contribution in [3.8, 4) is 0 Å². The quantitative estimate of drug-likeness (QED) is 0.897. The molecule has 1 aliphatic carbocycles. The van der Waals surface area contributed by atoms with Gasteiger partial charge < -0.3 is 11.1 Å². The Bertz CT molecular complexity index is 476. The minimum absolute atomic E-state index is 0. The number of hydrogen-bond acceptors (Lipinski definition) is 2. The lowest BCUT2D eigenvalue weighted by atomic mass is 9.97. The van der Waals surface area contributed by atoms with Crippen LogP contribution in [0.15, 0.2) is 18.2 Å². The summed E-state index contributed by atoms with van der Waals surface area (Å²) in [5.74, 6) is -1.60. The average molecular weight is 305 g/mol. The fourth-order valence-corrected chi connectivity index (χ4v) is 2.61. The zero-order chi connectivity index (χ0) is 13.9. The van der Waals surface area contributed by atoms with Crippen LogP contribution in [-0.2, 0) is 11.2 Å². The average Bonchev–Trinajstić information content (AvgIpc) is 2.82. The van der Waals surface area contributed by atoms with Crippen LogP contribution < -0.4 is 11.1 Å². The third kappa shape index (κ3) is 3.90. The van der Waals surface area contributed by atoms with E-state index in [-0.39, 0.29) is 35.8 Å². The first-order chi connectivity index (χ1) is 9.04. The van der Waals surface area contributed by atoms with Crippen molar-refractivity contribution in [1.82, 2.24) is 5.32 Å². The molecule has 0 bridgehead atoms. The van der Waals surface area contributed by atoms with Crippen LogP contribution >= 0.6 is 12.4 Å². The molecular weight excluding hydrogens is 286 g/mol. The second-order valence-electron chi connectivity index (χ2n) is 5.15. The second-order valence-corrected chi connectivity index (χ2v) is 5.15. The van der Waals surface area contributed by atoms with Crippen LogP contribution in [0.3, 0.4) is 0 Å². The molecule has 1 fully saturated rings. The largest absolute Gasteiger partial charge is 0.349 e. The van der Waals surface area contributed by atoms with Gasteiger partial charge in [0.15, 0.2) is 0 Å². The summed E-state index contributed by atoms with van der Waals surface area (Å²) in [5, 5.41) is 2.91. The Morgan fingerprint density at radius 3 is 2.50 bits per heavy atom. The summed E-state index contributed by atoms with van der Waals surface area (Å²) in [6, 6.07) is 3.24. The standard InChI is InChI=1S/C14H18F2N2O.ClH/c15-11-4-3-10(12(16)8-11)7-13(19)18-14(9-17)5-1-2-6-14;/h3-4,8H,1-2,5-7,9,17H2,(H,18,19);1H. The van der Waals surface area contributed by atoms with Crippen LogP contribution in [0.2, 0.25) is 0 Å². The van der Waals surface area contributed by atoms with Crippen molar-refractivity contribution in [2.24, 2.45) is 5.73 Å². The summed E-state index contributed by atoms with van der Waals surface area (Å²) in [5.41, 5.74) is 5.58. The van der Waals surface area contributed by atoms with E-state index in [4.69, 9.17) is 5.73 Å². The van der Waals surface area contributed by atoms with E-state index < -0.39 is 11.6 Å². The number of nitrogens with two attached hydrogens (primary N) is 1. The zero-order valence-electron chi connectivity index (χ0n) is 11.1. The lowest BCUT2D eigenvalue weighted by Crippen LogP contribution is -2.52. The van der Waals surface area contributed by atoms with Gasteiger partial charge in [0.1, 0.15) is 11.6 Å². The first kappa shape index (κ1) is 16.9. The van der Waals surface area contributed by atoms with E-state index >= 15 is 0 Å². The Balaban J connectivity index is 0.00000200. The molecule has 1 saturated carbocycles. The van der Waals surface area contributed by atoms with E-state index in [0.717, 1.165) is 37.8 Å². The first-order valence-corrected chi connectivity index (χ1v) is 6.50. The molecule has 0 aliphatic heterocycles. The smallest absolute Gasteiger partial charge is 0.225 e. The summed E-state index contributed by atoms with van der Waals surface area (Å²) in [7, 11) is 0. The van der Waals surface area contributed by atoms with Gasteiger partial charge in [-0.05, 0) is 24.5 Å². The molecule has 0 radical (unpaired) electrons. The maximum Gasteiger partial charge on any atom is 0.225 e. The number of nitrogens with one attached hydrogen (secondary N) is 1. The summed E-state index contributed by atoms with van der Waals surface area (Å²) in [4.78, 5) is 11.9. The van der Waals surface area contributed by atoms with E-state index in [1.165, 1.54) is 6.07 Å². The lowest BCUT2D eigenvalue weighted by molar-refractivity contribution is -0.122. The van der Waals surface area contributed by atoms with E-state index in [1.54, 1.807) is 0 Å². The number of amides is 1. The van der Waals surface area contributed by atoms with Gasteiger partial charge in [0.2, 0.25) is 5.91 Å². The summed E-state index contributed by atoms with van der Waals surface area (Å²) in [6.45, 7) is 0.393. The van der Waals surface area contributed by atoms with Gasteiger partial charge in [-0.3, -0.25) is 4.79 Å². The third-order valence-corrected chi connectivity index (χ3v) is 3.72. The van der Waals surface area contributed by atoms with Gasteiger partial charge in [0.25, 0.3) is 0 Å². The molecule has 1 aromatic rings. The minimum Gasteiger partial charge on any atom is -0.349 e. The Hall–Kier alpha value is -1.20. The van der Waals surface area contributed by atoms with Gasteiger partial charge in [-0.1, -0.05) is 18.9 Å². The summed E-state index contributed by atoms with van der Waals surface area (Å²) in [6.07, 6.45) is 3.72. The normalized spacial score (nSPS) is 16.6. The number of halogens is 3. The van der Waals surface area contributed by atoms with Crippen molar-refractivity contribution in [3.63, 3.8) is 0 Å². The van der Waals surface area contributed by atoms with Crippen molar-refractivity contribution < 1.29 is 13.6 Å². The number of rotatable bonds is 4. The van der Waals surface area contributed by atoms with Gasteiger partial charge in [-0.2, -0.15) is 0 Å². The molecule has 1 amide bonds. The molecule has 3 nitrogen and oxygen atoms in total. The van der Waals surface area contributed by atoms with Crippen LogP contribution in [0.1, 0.15) is 31.2 Å². The van der Waals surface area contributed by atoms with Crippen molar-refractivity contribution >= 4 is 18.3 Å². The number of carbonyl (C=O) groups excluding carboxylic acids is 1. The summed E-state index contributed by atoms with van der Waals surface area (Å²) >= 11 is 0. The van der Waals surface area contributed by atoms with E-state index in [1.807, 2.05) is 0 Å². The number of carbonyl (C=O) groups is 1. The van der Waals surface area contributed by atoms with Crippen molar-refractivity contribution in [1.29, 1.82) is 0 Å². The molecule has 0 aromatic heterocycles. The Morgan fingerprint density at radius 1 is 1.30 bits per heavy atom. The van der Waals surface area contributed by atoms with Gasteiger partial charge in [0.05, 0.1) is 12.0 Å². The zero-order valence-corrected chi connectivity index (χ0v) is 11.9. The predicted molar refractivity (Wildman–Crippen MR) is 75.7 cm³/mol. The molecular formula is C14H19ClF2N2O. The van der Waals surface area contributed by atoms with Crippen LogP contribution in [0.25, 0.3) is 0 Å². The van der Waals surface area contributed by atoms with Gasteiger partial charge >= 0.3 is 0 Å². The van der Waals surface area contributed by atoms with E-state index in [9.17, 15) is 13.6 Å². The molecule has 0 heterocycles. The molecule has 1 aliphatic rings. The third-order valence-electron chi connectivity index (χ3n) is 3.72. The Kier molecular flexibility index (Phi) is 5.89. The molecule has 0 spiro atoms. The summed E-state index contributed by atoms with van der Waals surface area (Å²) < 4.78 is 26.2. The van der Waals surface area contributed by atoms with E-state index in [0.29, 0.717) is 6.54 Å². The highest BCUT2D eigenvalue weighted by Gasteiger charge is 2.33. The van der Waals surface area contributed by atoms with Crippen LogP contribution in [0, 0.1) is 11.6 Å². The topological polar surface area (TPSA) is 55.1 Å². The molecule has 3 N–H and O–H groups in total. The molecule has 6 heteroatoms. The monoisotopic (exact) mass is 304 g/mol. The Labute approximate surface area is 123 Å². The fourth-order valence-electron chi connectivity index (χ4n) is 2.61. The van der Waals surface area contributed by atoms with Crippen molar-refractivity contribution in [3.05, 3.63) is 35.4 Å². The lowest BCUT2D eigenvalue weighted by Gasteiger charge is -2.28. The highest BCUT2D eigenvalue weighted by molar-refractivity contribution is 5.85. The first-order valence-electron chi connectivity index (χ1n) is 6.50. The van der Waals surface area contributed by atoms with Gasteiger partial charge in [0, 0.05) is 12.6 Å². The number of benzene rings is 1. The molecule has 112 valence electrons. The molecule has 0 saturated heterocycles. The molecule has 20 heavy (non-hydrogen) atoms. The number of hydrogen-bond donors (Lipinski definition) is 2. The van der Waals surface area contributed by atoms with Crippen LogP contribution in [-0.4, -0.2) is 18.0 Å². The SMILES string of the molecule is Cl.NCC1(NC(=O)Cc2ccc(F)cc2F)CCCC1. The molecule has 0 atom stereocenters. The fraction of sp³-hybridized carbons (Fsp3) is 0.500. The highest BCUT2D eigenvalue weighted by atomic mass is 35.5.